The molecule has 1 aromatic heterocycles. The lowest BCUT2D eigenvalue weighted by molar-refractivity contribution is -0.117. The molecule has 0 bridgehead atoms. The van der Waals surface area contributed by atoms with Gasteiger partial charge in [0, 0.05) is 24.6 Å². The van der Waals surface area contributed by atoms with Crippen LogP contribution in [0.1, 0.15) is 29.3 Å². The molecule has 2 heterocycles. The summed E-state index contributed by atoms with van der Waals surface area (Å²) in [6.07, 6.45) is 0.468. The van der Waals surface area contributed by atoms with Gasteiger partial charge < -0.3 is 14.2 Å². The quantitative estimate of drug-likeness (QED) is 0.424. The van der Waals surface area contributed by atoms with Crippen LogP contribution >= 0.6 is 0 Å². The lowest BCUT2D eigenvalue weighted by atomic mass is 10.1. The van der Waals surface area contributed by atoms with Gasteiger partial charge in [0.05, 0.1) is 17.6 Å². The van der Waals surface area contributed by atoms with E-state index in [1.807, 2.05) is 53.4 Å². The number of nitrogens with zero attached hydrogens (tertiary/aromatic N) is 3. The summed E-state index contributed by atoms with van der Waals surface area (Å²) in [5.74, 6) is 2.02. The first-order valence-corrected chi connectivity index (χ1v) is 11.1. The monoisotopic (exact) mass is 425 g/mol. The molecule has 1 aliphatic rings. The van der Waals surface area contributed by atoms with E-state index < -0.39 is 0 Å². The first kappa shape index (κ1) is 20.3. The van der Waals surface area contributed by atoms with E-state index in [-0.39, 0.29) is 11.8 Å². The lowest BCUT2D eigenvalue weighted by Gasteiger charge is -2.20. The van der Waals surface area contributed by atoms with Gasteiger partial charge in [0.1, 0.15) is 18.2 Å². The molecule has 32 heavy (non-hydrogen) atoms. The van der Waals surface area contributed by atoms with E-state index in [2.05, 4.69) is 42.7 Å². The molecule has 3 aromatic carbocycles. The number of carbonyl (C=O) groups excluding carboxylic acids is 1. The third kappa shape index (κ3) is 3.86. The maximum absolute atomic E-state index is 13.0. The molecule has 4 aromatic rings. The van der Waals surface area contributed by atoms with E-state index in [1.54, 1.807) is 0 Å². The van der Waals surface area contributed by atoms with E-state index in [1.165, 1.54) is 5.56 Å². The average molecular weight is 426 g/mol. The third-order valence-electron chi connectivity index (χ3n) is 6.14. The van der Waals surface area contributed by atoms with Crippen molar-refractivity contribution in [2.75, 3.05) is 18.1 Å². The average Bonchev–Trinajstić information content (AvgIpc) is 3.35. The van der Waals surface area contributed by atoms with Crippen molar-refractivity contribution >= 4 is 22.6 Å². The Morgan fingerprint density at radius 2 is 1.78 bits per heavy atom. The summed E-state index contributed by atoms with van der Waals surface area (Å²) in [6, 6.07) is 24.3. The smallest absolute Gasteiger partial charge is 0.227 e. The zero-order valence-electron chi connectivity index (χ0n) is 18.5. The van der Waals surface area contributed by atoms with Crippen molar-refractivity contribution in [1.29, 1.82) is 0 Å². The normalized spacial score (nSPS) is 16.1. The van der Waals surface area contributed by atoms with E-state index >= 15 is 0 Å². The van der Waals surface area contributed by atoms with Gasteiger partial charge in [-0.15, -0.1) is 0 Å². The first-order chi connectivity index (χ1) is 15.6. The van der Waals surface area contributed by atoms with Crippen LogP contribution in [0.4, 0.5) is 5.69 Å². The van der Waals surface area contributed by atoms with Gasteiger partial charge in [0.25, 0.3) is 0 Å². The Morgan fingerprint density at radius 3 is 2.59 bits per heavy atom. The van der Waals surface area contributed by atoms with Crippen LogP contribution < -0.4 is 9.64 Å². The summed E-state index contributed by atoms with van der Waals surface area (Å²) in [5.41, 5.74) is 5.37. The standard InChI is InChI=1S/C27H27N3O2/c1-19-12-13-24(20(2)16-19)30-18-21(17-26(30)31)27-28-23-10-6-7-11-25(23)29(27)14-15-32-22-8-4-3-5-9-22/h3-13,16,21H,14-15,17-18H2,1-2H3. The summed E-state index contributed by atoms with van der Waals surface area (Å²) < 4.78 is 8.18. The highest BCUT2D eigenvalue weighted by molar-refractivity contribution is 5.97. The van der Waals surface area contributed by atoms with Crippen molar-refractivity contribution in [1.82, 2.24) is 9.55 Å². The molecule has 0 radical (unpaired) electrons. The minimum Gasteiger partial charge on any atom is -0.492 e. The Bertz CT molecular complexity index is 1260. The van der Waals surface area contributed by atoms with Crippen molar-refractivity contribution in [2.45, 2.75) is 32.7 Å². The number of benzene rings is 3. The Balaban J connectivity index is 1.42. The second-order valence-corrected chi connectivity index (χ2v) is 8.47. The van der Waals surface area contributed by atoms with E-state index in [9.17, 15) is 4.79 Å². The zero-order chi connectivity index (χ0) is 22.1. The molecule has 0 aliphatic carbocycles. The number of hydrogen-bond acceptors (Lipinski definition) is 3. The highest BCUT2D eigenvalue weighted by atomic mass is 16.5. The molecule has 1 aliphatic heterocycles. The fourth-order valence-corrected chi connectivity index (χ4v) is 4.63. The number of amides is 1. The van der Waals surface area contributed by atoms with Gasteiger partial charge in [-0.05, 0) is 49.7 Å². The summed E-state index contributed by atoms with van der Waals surface area (Å²) in [4.78, 5) is 19.9. The van der Waals surface area contributed by atoms with Crippen LogP contribution in [-0.2, 0) is 11.3 Å². The number of hydrogen-bond donors (Lipinski definition) is 0. The maximum atomic E-state index is 13.0. The Hall–Kier alpha value is -3.60. The Morgan fingerprint density at radius 1 is 1.00 bits per heavy atom. The number of para-hydroxylation sites is 3. The highest BCUT2D eigenvalue weighted by Gasteiger charge is 2.35. The van der Waals surface area contributed by atoms with Crippen LogP contribution in [0.15, 0.2) is 72.8 Å². The second kappa shape index (κ2) is 8.50. The van der Waals surface area contributed by atoms with Gasteiger partial charge in [0.2, 0.25) is 5.91 Å². The molecule has 1 atom stereocenters. The molecule has 1 saturated heterocycles. The minimum absolute atomic E-state index is 0.0485. The topological polar surface area (TPSA) is 47.4 Å². The molecule has 5 nitrogen and oxygen atoms in total. The Labute approximate surface area is 188 Å². The first-order valence-electron chi connectivity index (χ1n) is 11.1. The molecule has 0 saturated carbocycles. The molecule has 5 heteroatoms. The largest absolute Gasteiger partial charge is 0.492 e. The van der Waals surface area contributed by atoms with Crippen LogP contribution in [0, 0.1) is 13.8 Å². The fourth-order valence-electron chi connectivity index (χ4n) is 4.63. The molecule has 1 fully saturated rings. The molecular weight excluding hydrogens is 398 g/mol. The number of ether oxygens (including phenoxy) is 1. The van der Waals surface area contributed by atoms with Crippen LogP contribution in [-0.4, -0.2) is 28.6 Å². The molecule has 0 spiro atoms. The summed E-state index contributed by atoms with van der Waals surface area (Å²) >= 11 is 0. The maximum Gasteiger partial charge on any atom is 0.227 e. The molecular formula is C27H27N3O2. The van der Waals surface area contributed by atoms with Gasteiger partial charge in [-0.1, -0.05) is 48.0 Å². The zero-order valence-corrected chi connectivity index (χ0v) is 18.5. The van der Waals surface area contributed by atoms with Gasteiger partial charge >= 0.3 is 0 Å². The lowest BCUT2D eigenvalue weighted by Crippen LogP contribution is -2.25. The summed E-state index contributed by atoms with van der Waals surface area (Å²) in [6.45, 7) is 6.01. The SMILES string of the molecule is Cc1ccc(N2CC(c3nc4ccccc4n3CCOc3ccccc3)CC2=O)c(C)c1. The van der Waals surface area contributed by atoms with Crippen molar-refractivity contribution in [3.8, 4) is 5.75 Å². The fraction of sp³-hybridized carbons (Fsp3) is 0.259. The molecule has 1 unspecified atom stereocenters. The second-order valence-electron chi connectivity index (χ2n) is 8.47. The van der Waals surface area contributed by atoms with Crippen LogP contribution in [0.3, 0.4) is 0 Å². The number of aromatic nitrogens is 2. The van der Waals surface area contributed by atoms with Crippen LogP contribution in [0.2, 0.25) is 0 Å². The number of anilines is 1. The molecule has 162 valence electrons. The number of aryl methyl sites for hydroxylation is 2. The number of fused-ring (bicyclic) bond motifs is 1. The predicted molar refractivity (Wildman–Crippen MR) is 127 cm³/mol. The van der Waals surface area contributed by atoms with Crippen molar-refractivity contribution < 1.29 is 9.53 Å². The van der Waals surface area contributed by atoms with Gasteiger partial charge in [0.15, 0.2) is 0 Å². The van der Waals surface area contributed by atoms with Crippen molar-refractivity contribution in [3.05, 3.63) is 89.7 Å². The minimum atomic E-state index is 0.0485. The molecule has 5 rings (SSSR count). The summed E-state index contributed by atoms with van der Waals surface area (Å²) in [7, 11) is 0. The van der Waals surface area contributed by atoms with E-state index in [0.29, 0.717) is 26.1 Å². The van der Waals surface area contributed by atoms with Crippen molar-refractivity contribution in [3.63, 3.8) is 0 Å². The molecule has 0 N–H and O–H groups in total. The van der Waals surface area contributed by atoms with Crippen LogP contribution in [0.25, 0.3) is 11.0 Å². The third-order valence-corrected chi connectivity index (χ3v) is 6.14. The van der Waals surface area contributed by atoms with Crippen molar-refractivity contribution in [2.24, 2.45) is 0 Å². The Kier molecular flexibility index (Phi) is 5.39. The predicted octanol–water partition coefficient (Wildman–Crippen LogP) is 5.25. The van der Waals surface area contributed by atoms with Gasteiger partial charge in [-0.25, -0.2) is 4.98 Å². The van der Waals surface area contributed by atoms with E-state index in [4.69, 9.17) is 9.72 Å². The number of rotatable bonds is 6. The van der Waals surface area contributed by atoms with E-state index in [0.717, 1.165) is 33.9 Å². The number of carbonyl (C=O) groups is 1. The van der Waals surface area contributed by atoms with Crippen LogP contribution in [0.5, 0.6) is 5.75 Å². The molecule has 1 amide bonds. The summed E-state index contributed by atoms with van der Waals surface area (Å²) in [5, 5.41) is 0. The number of imidazole rings is 1. The van der Waals surface area contributed by atoms with Gasteiger partial charge in [-0.3, -0.25) is 4.79 Å². The highest BCUT2D eigenvalue weighted by Crippen LogP contribution is 2.34. The van der Waals surface area contributed by atoms with Gasteiger partial charge in [-0.2, -0.15) is 0 Å².